The zero-order valence-corrected chi connectivity index (χ0v) is 11.5. The highest BCUT2D eigenvalue weighted by molar-refractivity contribution is 8.15. The molecule has 0 unspecified atom stereocenters. The number of rotatable bonds is 4. The van der Waals surface area contributed by atoms with Gasteiger partial charge >= 0.3 is 0 Å². The van der Waals surface area contributed by atoms with Crippen LogP contribution in [0.4, 0.5) is 0 Å². The first kappa shape index (κ1) is 12.9. The first-order valence-electron chi connectivity index (χ1n) is 4.45. The maximum atomic E-state index is 5.68. The number of thioether (sulfide) groups is 2. The Morgan fingerprint density at radius 3 is 1.47 bits per heavy atom. The summed E-state index contributed by atoms with van der Waals surface area (Å²) in [6.07, 6.45) is 6.28. The van der Waals surface area contributed by atoms with E-state index in [-0.39, 0.29) is 0 Å². The van der Waals surface area contributed by atoms with Gasteiger partial charge in [0.15, 0.2) is 10.3 Å². The molecule has 2 rings (SSSR count). The van der Waals surface area contributed by atoms with Crippen molar-refractivity contribution in [1.29, 1.82) is 0 Å². The van der Waals surface area contributed by atoms with E-state index in [2.05, 4.69) is 19.9 Å². The standard InChI is InChI=1S/C9H6Cl2N4S2/c10-6-1-12-8(13-2-6)16-5-17-9-14-3-7(11)4-15-9/h1-4H,5H2. The van der Waals surface area contributed by atoms with Crippen LogP contribution in [0.25, 0.3) is 0 Å². The van der Waals surface area contributed by atoms with E-state index >= 15 is 0 Å². The minimum absolute atomic E-state index is 0.531. The van der Waals surface area contributed by atoms with Crippen molar-refractivity contribution < 1.29 is 0 Å². The highest BCUT2D eigenvalue weighted by Gasteiger charge is 2.01. The van der Waals surface area contributed by atoms with E-state index in [4.69, 9.17) is 23.2 Å². The van der Waals surface area contributed by atoms with Crippen molar-refractivity contribution in [1.82, 2.24) is 19.9 Å². The van der Waals surface area contributed by atoms with Crippen LogP contribution in [0.1, 0.15) is 0 Å². The quantitative estimate of drug-likeness (QED) is 0.490. The molecule has 17 heavy (non-hydrogen) atoms. The van der Waals surface area contributed by atoms with Crippen LogP contribution in [-0.4, -0.2) is 25.0 Å². The van der Waals surface area contributed by atoms with Crippen LogP contribution >= 0.6 is 46.7 Å². The van der Waals surface area contributed by atoms with Crippen molar-refractivity contribution in [2.24, 2.45) is 0 Å². The van der Waals surface area contributed by atoms with Gasteiger partial charge in [0.2, 0.25) is 0 Å². The molecule has 0 fully saturated rings. The van der Waals surface area contributed by atoms with E-state index in [9.17, 15) is 0 Å². The first-order chi connectivity index (χ1) is 8.24. The second-order valence-corrected chi connectivity index (χ2v) is 5.90. The van der Waals surface area contributed by atoms with Gasteiger partial charge in [0.25, 0.3) is 0 Å². The average Bonchev–Trinajstić information content (AvgIpc) is 2.34. The Kier molecular flexibility index (Phi) is 4.85. The van der Waals surface area contributed by atoms with Crippen LogP contribution in [0.5, 0.6) is 0 Å². The SMILES string of the molecule is Clc1cnc(SCSc2ncc(Cl)cn2)nc1. The zero-order valence-electron chi connectivity index (χ0n) is 8.38. The third-order valence-corrected chi connectivity index (χ3v) is 3.84. The molecule has 2 aromatic heterocycles. The summed E-state index contributed by atoms with van der Waals surface area (Å²) in [6.45, 7) is 0. The fourth-order valence-electron chi connectivity index (χ4n) is 0.885. The van der Waals surface area contributed by atoms with Crippen molar-refractivity contribution in [3.05, 3.63) is 34.8 Å². The van der Waals surface area contributed by atoms with E-state index < -0.39 is 0 Å². The molecule has 0 aliphatic heterocycles. The summed E-state index contributed by atoms with van der Waals surface area (Å²) >= 11 is 14.4. The van der Waals surface area contributed by atoms with Gasteiger partial charge in [0.1, 0.15) is 0 Å². The average molecular weight is 305 g/mol. The second-order valence-electron chi connectivity index (χ2n) is 2.77. The lowest BCUT2D eigenvalue weighted by Crippen LogP contribution is -1.87. The minimum Gasteiger partial charge on any atom is -0.230 e. The zero-order chi connectivity index (χ0) is 12.1. The number of hydrogen-bond acceptors (Lipinski definition) is 6. The fourth-order valence-corrected chi connectivity index (χ4v) is 2.67. The Labute approximate surface area is 117 Å². The number of nitrogens with zero attached hydrogens (tertiary/aromatic N) is 4. The van der Waals surface area contributed by atoms with E-state index in [1.807, 2.05) is 0 Å². The second kappa shape index (κ2) is 6.39. The molecule has 88 valence electrons. The molecule has 0 amide bonds. The highest BCUT2D eigenvalue weighted by Crippen LogP contribution is 2.23. The van der Waals surface area contributed by atoms with Crippen LogP contribution < -0.4 is 0 Å². The number of aromatic nitrogens is 4. The van der Waals surface area contributed by atoms with Crippen molar-refractivity contribution in [3.63, 3.8) is 0 Å². The predicted octanol–water partition coefficient (Wildman–Crippen LogP) is 3.42. The largest absolute Gasteiger partial charge is 0.230 e. The molecule has 2 heterocycles. The van der Waals surface area contributed by atoms with Gasteiger partial charge in [-0.3, -0.25) is 0 Å². The molecule has 8 heteroatoms. The molecule has 0 spiro atoms. The lowest BCUT2D eigenvalue weighted by Gasteiger charge is -1.99. The molecule has 0 N–H and O–H groups in total. The van der Waals surface area contributed by atoms with Gasteiger partial charge in [0, 0.05) is 0 Å². The molecular weight excluding hydrogens is 299 g/mol. The summed E-state index contributed by atoms with van der Waals surface area (Å²) in [7, 11) is 0. The van der Waals surface area contributed by atoms with Gasteiger partial charge in [-0.2, -0.15) is 0 Å². The molecule has 0 saturated carbocycles. The molecule has 4 nitrogen and oxygen atoms in total. The van der Waals surface area contributed by atoms with Crippen LogP contribution in [0.2, 0.25) is 10.0 Å². The van der Waals surface area contributed by atoms with Crippen LogP contribution in [0.15, 0.2) is 35.1 Å². The monoisotopic (exact) mass is 304 g/mol. The Hall–Kier alpha value is -0.560. The minimum atomic E-state index is 0.531. The fraction of sp³-hybridized carbons (Fsp3) is 0.111. The van der Waals surface area contributed by atoms with Crippen molar-refractivity contribution >= 4 is 46.7 Å². The molecule has 0 bridgehead atoms. The Balaban J connectivity index is 1.83. The van der Waals surface area contributed by atoms with E-state index in [0.29, 0.717) is 20.4 Å². The van der Waals surface area contributed by atoms with Crippen molar-refractivity contribution in [2.45, 2.75) is 10.3 Å². The molecule has 0 saturated heterocycles. The van der Waals surface area contributed by atoms with Gasteiger partial charge in [-0.15, -0.1) is 0 Å². The van der Waals surface area contributed by atoms with Crippen molar-refractivity contribution in [2.75, 3.05) is 5.08 Å². The van der Waals surface area contributed by atoms with Crippen LogP contribution in [-0.2, 0) is 0 Å². The molecule has 0 aliphatic carbocycles. The summed E-state index contributed by atoms with van der Waals surface area (Å²) in [4.78, 5) is 16.3. The maximum absolute atomic E-state index is 5.68. The van der Waals surface area contributed by atoms with Gasteiger partial charge in [-0.1, -0.05) is 46.7 Å². The first-order valence-corrected chi connectivity index (χ1v) is 7.17. The maximum Gasteiger partial charge on any atom is 0.188 e. The molecule has 0 radical (unpaired) electrons. The van der Waals surface area contributed by atoms with Gasteiger partial charge in [-0.25, -0.2) is 19.9 Å². The molecule has 2 aromatic rings. The third kappa shape index (κ3) is 4.31. The molecule has 0 atom stereocenters. The summed E-state index contributed by atoms with van der Waals surface area (Å²) in [5.74, 6) is 0. The summed E-state index contributed by atoms with van der Waals surface area (Å²) in [5.41, 5.74) is 0. The van der Waals surface area contributed by atoms with Crippen molar-refractivity contribution in [3.8, 4) is 0 Å². The number of halogens is 2. The Morgan fingerprint density at radius 2 is 1.12 bits per heavy atom. The summed E-state index contributed by atoms with van der Waals surface area (Å²) < 4.78 is 0. The van der Waals surface area contributed by atoms with Crippen LogP contribution in [0, 0.1) is 0 Å². The van der Waals surface area contributed by atoms with E-state index in [1.165, 1.54) is 23.5 Å². The smallest absolute Gasteiger partial charge is 0.188 e. The third-order valence-electron chi connectivity index (χ3n) is 1.57. The predicted molar refractivity (Wildman–Crippen MR) is 70.7 cm³/mol. The Bertz CT molecular complexity index is 432. The van der Waals surface area contributed by atoms with E-state index in [1.54, 1.807) is 24.8 Å². The highest BCUT2D eigenvalue weighted by atomic mass is 35.5. The van der Waals surface area contributed by atoms with Gasteiger partial charge in [0.05, 0.1) is 39.9 Å². The Morgan fingerprint density at radius 1 is 0.765 bits per heavy atom. The molecule has 0 aromatic carbocycles. The number of hydrogen-bond donors (Lipinski definition) is 0. The summed E-state index contributed by atoms with van der Waals surface area (Å²) in [6, 6.07) is 0. The topological polar surface area (TPSA) is 51.6 Å². The lowest BCUT2D eigenvalue weighted by molar-refractivity contribution is 0.965. The van der Waals surface area contributed by atoms with Crippen LogP contribution in [0.3, 0.4) is 0 Å². The van der Waals surface area contributed by atoms with Gasteiger partial charge in [-0.05, 0) is 0 Å². The molecular formula is C9H6Cl2N4S2. The molecule has 0 aliphatic rings. The normalized spacial score (nSPS) is 10.5. The van der Waals surface area contributed by atoms with E-state index in [0.717, 1.165) is 5.08 Å². The summed E-state index contributed by atoms with van der Waals surface area (Å²) in [5, 5.41) is 3.14. The van der Waals surface area contributed by atoms with Gasteiger partial charge < -0.3 is 0 Å². The lowest BCUT2D eigenvalue weighted by atomic mass is 10.7.